The first-order chi connectivity index (χ1) is 8.15. The van der Waals surface area contributed by atoms with Crippen molar-refractivity contribution in [3.05, 3.63) is 29.3 Å². The Bertz CT molecular complexity index is 354. The second-order valence-corrected chi connectivity index (χ2v) is 4.29. The standard InChI is InChI=1S/C14H22N2O/c1-4-9-15-13(17)8-10-16-14-11(2)6-5-7-12(14)3/h5-7,16H,4,8-10H2,1-3H3,(H,15,17). The fourth-order valence-electron chi connectivity index (χ4n) is 1.75. The number of anilines is 1. The summed E-state index contributed by atoms with van der Waals surface area (Å²) < 4.78 is 0. The van der Waals surface area contributed by atoms with E-state index in [1.807, 2.05) is 6.07 Å². The highest BCUT2D eigenvalue weighted by Gasteiger charge is 2.03. The molecule has 0 radical (unpaired) electrons. The van der Waals surface area contributed by atoms with Crippen LogP contribution in [0.5, 0.6) is 0 Å². The summed E-state index contributed by atoms with van der Waals surface area (Å²) in [6, 6.07) is 6.20. The van der Waals surface area contributed by atoms with E-state index in [0.717, 1.165) is 18.7 Å². The molecule has 3 heteroatoms. The first-order valence-corrected chi connectivity index (χ1v) is 6.22. The lowest BCUT2D eigenvalue weighted by Crippen LogP contribution is -2.26. The summed E-state index contributed by atoms with van der Waals surface area (Å²) in [7, 11) is 0. The highest BCUT2D eigenvalue weighted by atomic mass is 16.1. The van der Waals surface area contributed by atoms with Crippen LogP contribution in [0.2, 0.25) is 0 Å². The summed E-state index contributed by atoms with van der Waals surface area (Å²) in [6.45, 7) is 7.65. The average molecular weight is 234 g/mol. The van der Waals surface area contributed by atoms with Crippen LogP contribution in [0.4, 0.5) is 5.69 Å². The van der Waals surface area contributed by atoms with Crippen LogP contribution in [0.3, 0.4) is 0 Å². The fraction of sp³-hybridized carbons (Fsp3) is 0.500. The second-order valence-electron chi connectivity index (χ2n) is 4.29. The van der Waals surface area contributed by atoms with Crippen LogP contribution in [0.1, 0.15) is 30.9 Å². The Hall–Kier alpha value is -1.51. The Morgan fingerprint density at radius 2 is 1.82 bits per heavy atom. The number of hydrogen-bond acceptors (Lipinski definition) is 2. The van der Waals surface area contributed by atoms with Gasteiger partial charge in [-0.05, 0) is 31.4 Å². The van der Waals surface area contributed by atoms with Crippen molar-refractivity contribution in [2.45, 2.75) is 33.6 Å². The highest BCUT2D eigenvalue weighted by Crippen LogP contribution is 2.18. The van der Waals surface area contributed by atoms with Gasteiger partial charge in [-0.2, -0.15) is 0 Å². The zero-order valence-corrected chi connectivity index (χ0v) is 11.0. The molecule has 1 rings (SSSR count). The summed E-state index contributed by atoms with van der Waals surface area (Å²) in [4.78, 5) is 11.4. The predicted octanol–water partition coefficient (Wildman–Crippen LogP) is 2.63. The third-order valence-corrected chi connectivity index (χ3v) is 2.71. The van der Waals surface area contributed by atoms with Crippen LogP contribution in [0.25, 0.3) is 0 Å². The third kappa shape index (κ3) is 4.47. The molecule has 0 bridgehead atoms. The number of rotatable bonds is 6. The molecular weight excluding hydrogens is 212 g/mol. The zero-order chi connectivity index (χ0) is 12.7. The van der Waals surface area contributed by atoms with E-state index in [1.54, 1.807) is 0 Å². The van der Waals surface area contributed by atoms with Gasteiger partial charge in [0.15, 0.2) is 0 Å². The number of hydrogen-bond donors (Lipinski definition) is 2. The van der Waals surface area contributed by atoms with Gasteiger partial charge in [-0.3, -0.25) is 4.79 Å². The van der Waals surface area contributed by atoms with Gasteiger partial charge in [-0.15, -0.1) is 0 Å². The van der Waals surface area contributed by atoms with E-state index >= 15 is 0 Å². The van der Waals surface area contributed by atoms with Gasteiger partial charge in [0.1, 0.15) is 0 Å². The minimum absolute atomic E-state index is 0.116. The summed E-state index contributed by atoms with van der Waals surface area (Å²) in [5.41, 5.74) is 3.59. The van der Waals surface area contributed by atoms with Gasteiger partial charge < -0.3 is 10.6 Å². The third-order valence-electron chi connectivity index (χ3n) is 2.71. The molecule has 1 amide bonds. The van der Waals surface area contributed by atoms with Crippen molar-refractivity contribution in [3.8, 4) is 0 Å². The van der Waals surface area contributed by atoms with E-state index in [9.17, 15) is 4.79 Å². The minimum atomic E-state index is 0.116. The smallest absolute Gasteiger partial charge is 0.221 e. The van der Waals surface area contributed by atoms with Gasteiger partial charge in [0.05, 0.1) is 0 Å². The van der Waals surface area contributed by atoms with Gasteiger partial charge in [0, 0.05) is 25.2 Å². The van der Waals surface area contributed by atoms with E-state index in [2.05, 4.69) is 43.5 Å². The summed E-state index contributed by atoms with van der Waals surface area (Å²) >= 11 is 0. The predicted molar refractivity (Wildman–Crippen MR) is 72.3 cm³/mol. The van der Waals surface area contributed by atoms with Crippen LogP contribution >= 0.6 is 0 Å². The maximum atomic E-state index is 11.4. The van der Waals surface area contributed by atoms with Crippen LogP contribution in [-0.2, 0) is 4.79 Å². The Kier molecular flexibility index (Phi) is 5.53. The van der Waals surface area contributed by atoms with Crippen LogP contribution < -0.4 is 10.6 Å². The molecule has 0 heterocycles. The molecule has 0 fully saturated rings. The zero-order valence-electron chi connectivity index (χ0n) is 11.0. The normalized spacial score (nSPS) is 10.1. The van der Waals surface area contributed by atoms with Gasteiger partial charge in [0.25, 0.3) is 0 Å². The molecular formula is C14H22N2O. The maximum absolute atomic E-state index is 11.4. The maximum Gasteiger partial charge on any atom is 0.221 e. The molecule has 94 valence electrons. The second kappa shape index (κ2) is 6.94. The monoisotopic (exact) mass is 234 g/mol. The molecule has 0 aliphatic carbocycles. The number of carbonyl (C=O) groups is 1. The Labute approximate surface area is 104 Å². The Balaban J connectivity index is 2.38. The fourth-order valence-corrected chi connectivity index (χ4v) is 1.75. The molecule has 0 atom stereocenters. The number of aryl methyl sites for hydroxylation is 2. The van der Waals surface area contributed by atoms with Crippen molar-refractivity contribution < 1.29 is 4.79 Å². The largest absolute Gasteiger partial charge is 0.384 e. The van der Waals surface area contributed by atoms with Crippen molar-refractivity contribution in [1.29, 1.82) is 0 Å². The Morgan fingerprint density at radius 3 is 2.41 bits per heavy atom. The van der Waals surface area contributed by atoms with Gasteiger partial charge in [-0.1, -0.05) is 25.1 Å². The van der Waals surface area contributed by atoms with Crippen molar-refractivity contribution in [3.63, 3.8) is 0 Å². The van der Waals surface area contributed by atoms with Crippen molar-refractivity contribution >= 4 is 11.6 Å². The van der Waals surface area contributed by atoms with Crippen molar-refractivity contribution in [2.24, 2.45) is 0 Å². The molecule has 1 aromatic rings. The molecule has 0 saturated heterocycles. The average Bonchev–Trinajstić information content (AvgIpc) is 2.30. The quantitative estimate of drug-likeness (QED) is 0.794. The molecule has 3 nitrogen and oxygen atoms in total. The lowest BCUT2D eigenvalue weighted by Gasteiger charge is -2.12. The number of amides is 1. The SMILES string of the molecule is CCCNC(=O)CCNc1c(C)cccc1C. The first kappa shape index (κ1) is 13.6. The summed E-state index contributed by atoms with van der Waals surface area (Å²) in [5, 5.41) is 6.20. The van der Waals surface area contributed by atoms with Gasteiger partial charge in [0.2, 0.25) is 5.91 Å². The van der Waals surface area contributed by atoms with Crippen molar-refractivity contribution in [2.75, 3.05) is 18.4 Å². The number of carbonyl (C=O) groups excluding carboxylic acids is 1. The van der Waals surface area contributed by atoms with E-state index in [4.69, 9.17) is 0 Å². The van der Waals surface area contributed by atoms with Crippen LogP contribution in [-0.4, -0.2) is 19.0 Å². The number of para-hydroxylation sites is 1. The van der Waals surface area contributed by atoms with E-state index in [0.29, 0.717) is 13.0 Å². The van der Waals surface area contributed by atoms with Gasteiger partial charge in [-0.25, -0.2) is 0 Å². The lowest BCUT2D eigenvalue weighted by molar-refractivity contribution is -0.120. The minimum Gasteiger partial charge on any atom is -0.384 e. The topological polar surface area (TPSA) is 41.1 Å². The van der Waals surface area contributed by atoms with E-state index in [1.165, 1.54) is 11.1 Å². The van der Waals surface area contributed by atoms with E-state index in [-0.39, 0.29) is 5.91 Å². The molecule has 17 heavy (non-hydrogen) atoms. The molecule has 0 saturated carbocycles. The molecule has 1 aromatic carbocycles. The molecule has 0 unspecified atom stereocenters. The molecule has 2 N–H and O–H groups in total. The molecule has 0 aromatic heterocycles. The number of nitrogens with one attached hydrogen (secondary N) is 2. The van der Waals surface area contributed by atoms with Gasteiger partial charge >= 0.3 is 0 Å². The highest BCUT2D eigenvalue weighted by molar-refractivity contribution is 5.76. The van der Waals surface area contributed by atoms with E-state index < -0.39 is 0 Å². The lowest BCUT2D eigenvalue weighted by atomic mass is 10.1. The van der Waals surface area contributed by atoms with Crippen LogP contribution in [0, 0.1) is 13.8 Å². The summed E-state index contributed by atoms with van der Waals surface area (Å²) in [6.07, 6.45) is 1.50. The van der Waals surface area contributed by atoms with Crippen molar-refractivity contribution in [1.82, 2.24) is 5.32 Å². The first-order valence-electron chi connectivity index (χ1n) is 6.22. The summed E-state index contributed by atoms with van der Waals surface area (Å²) in [5.74, 6) is 0.116. The van der Waals surface area contributed by atoms with Crippen LogP contribution in [0.15, 0.2) is 18.2 Å². The molecule has 0 aliphatic rings. The Morgan fingerprint density at radius 1 is 1.18 bits per heavy atom. The molecule has 0 spiro atoms. The molecule has 0 aliphatic heterocycles. The number of benzene rings is 1.